The fourth-order valence-corrected chi connectivity index (χ4v) is 5.34. The standard InChI is InChI=1S/C21H29N3O4S/c1-15-12-24(16(2)14-25)29(26,27)21-8-7-17(18-6-5-9-22-11-18)10-19(21)28-20(15)13-23(3)4/h5-11,15-16,20,25H,12-14H2,1-4H3/t15-,16-,20-/m0/s1. The van der Waals surface area contributed by atoms with Gasteiger partial charge >= 0.3 is 0 Å². The number of sulfonamides is 1. The van der Waals surface area contributed by atoms with Crippen molar-refractivity contribution in [2.24, 2.45) is 5.92 Å². The Hall–Kier alpha value is -2.00. The molecule has 0 bridgehead atoms. The Bertz CT molecular complexity index is 934. The van der Waals surface area contributed by atoms with Crippen LogP contribution in [0.3, 0.4) is 0 Å². The van der Waals surface area contributed by atoms with Crippen molar-refractivity contribution in [2.45, 2.75) is 30.9 Å². The highest BCUT2D eigenvalue weighted by atomic mass is 32.2. The predicted octanol–water partition coefficient (Wildman–Crippen LogP) is 2.08. The maximum Gasteiger partial charge on any atom is 0.247 e. The Morgan fingerprint density at radius 2 is 2.07 bits per heavy atom. The zero-order valence-electron chi connectivity index (χ0n) is 17.3. The van der Waals surface area contributed by atoms with E-state index < -0.39 is 16.1 Å². The third-order valence-corrected chi connectivity index (χ3v) is 7.23. The second-order valence-electron chi connectivity index (χ2n) is 7.91. The Balaban J connectivity index is 2.14. The molecule has 3 atom stereocenters. The molecule has 1 aliphatic heterocycles. The zero-order chi connectivity index (χ0) is 21.2. The number of hydrogen-bond acceptors (Lipinski definition) is 6. The van der Waals surface area contributed by atoms with Gasteiger partial charge in [-0.15, -0.1) is 0 Å². The van der Waals surface area contributed by atoms with Crippen molar-refractivity contribution in [1.29, 1.82) is 0 Å². The summed E-state index contributed by atoms with van der Waals surface area (Å²) in [6, 6.07) is 8.37. The average Bonchev–Trinajstić information content (AvgIpc) is 2.70. The Morgan fingerprint density at radius 1 is 1.31 bits per heavy atom. The van der Waals surface area contributed by atoms with E-state index in [-0.39, 0.29) is 30.1 Å². The topological polar surface area (TPSA) is 83.0 Å². The van der Waals surface area contributed by atoms with Crippen LogP contribution in [0.2, 0.25) is 0 Å². The van der Waals surface area contributed by atoms with Gasteiger partial charge in [0.15, 0.2) is 0 Å². The number of aromatic nitrogens is 1. The largest absolute Gasteiger partial charge is 0.487 e. The monoisotopic (exact) mass is 419 g/mol. The van der Waals surface area contributed by atoms with E-state index in [4.69, 9.17) is 4.74 Å². The van der Waals surface area contributed by atoms with Crippen molar-refractivity contribution in [3.05, 3.63) is 42.7 Å². The molecule has 2 aromatic rings. The molecule has 1 N–H and O–H groups in total. The van der Waals surface area contributed by atoms with Gasteiger partial charge in [0, 0.05) is 43.0 Å². The van der Waals surface area contributed by atoms with E-state index in [0.29, 0.717) is 12.3 Å². The molecule has 7 nitrogen and oxygen atoms in total. The first kappa shape index (κ1) is 21.7. The van der Waals surface area contributed by atoms with Gasteiger partial charge in [-0.25, -0.2) is 8.42 Å². The van der Waals surface area contributed by atoms with Crippen LogP contribution in [0.1, 0.15) is 13.8 Å². The van der Waals surface area contributed by atoms with Crippen molar-refractivity contribution < 1.29 is 18.3 Å². The number of aliphatic hydroxyl groups excluding tert-OH is 1. The summed E-state index contributed by atoms with van der Waals surface area (Å²) in [6.45, 7) is 4.40. The first-order valence-electron chi connectivity index (χ1n) is 9.72. The highest BCUT2D eigenvalue weighted by Crippen LogP contribution is 2.36. The van der Waals surface area contributed by atoms with Crippen LogP contribution >= 0.6 is 0 Å². The lowest BCUT2D eigenvalue weighted by Gasteiger charge is -2.37. The zero-order valence-corrected chi connectivity index (χ0v) is 18.1. The van der Waals surface area contributed by atoms with Crippen molar-refractivity contribution >= 4 is 10.0 Å². The summed E-state index contributed by atoms with van der Waals surface area (Å²) in [4.78, 5) is 6.30. The molecule has 1 aliphatic rings. The van der Waals surface area contributed by atoms with Crippen LogP contribution in [0.15, 0.2) is 47.6 Å². The molecule has 0 spiro atoms. The van der Waals surface area contributed by atoms with Crippen molar-refractivity contribution in [3.63, 3.8) is 0 Å². The smallest absolute Gasteiger partial charge is 0.247 e. The fraction of sp³-hybridized carbons (Fsp3) is 0.476. The van der Waals surface area contributed by atoms with Crippen LogP contribution in [-0.2, 0) is 10.0 Å². The van der Waals surface area contributed by atoms with E-state index in [1.807, 2.05) is 38.1 Å². The normalized spacial score (nSPS) is 23.0. The maximum absolute atomic E-state index is 13.4. The Kier molecular flexibility index (Phi) is 6.58. The summed E-state index contributed by atoms with van der Waals surface area (Å²) in [5, 5.41) is 9.67. The number of ether oxygens (including phenoxy) is 1. The molecule has 0 amide bonds. The summed E-state index contributed by atoms with van der Waals surface area (Å²) in [7, 11) is 0.111. The molecule has 0 saturated carbocycles. The minimum absolute atomic E-state index is 0.0589. The quantitative estimate of drug-likeness (QED) is 0.799. The lowest BCUT2D eigenvalue weighted by molar-refractivity contribution is 0.0813. The van der Waals surface area contributed by atoms with Crippen LogP contribution in [0, 0.1) is 5.92 Å². The molecule has 0 saturated heterocycles. The molecule has 0 aliphatic carbocycles. The van der Waals surface area contributed by atoms with Crippen LogP contribution in [0.5, 0.6) is 5.75 Å². The van der Waals surface area contributed by atoms with Gasteiger partial charge in [-0.2, -0.15) is 4.31 Å². The molecule has 29 heavy (non-hydrogen) atoms. The highest BCUT2D eigenvalue weighted by Gasteiger charge is 2.37. The minimum atomic E-state index is -3.82. The Labute approximate surface area is 173 Å². The number of hydrogen-bond donors (Lipinski definition) is 1. The van der Waals surface area contributed by atoms with Crippen LogP contribution in [-0.4, -0.2) is 73.7 Å². The summed E-state index contributed by atoms with van der Waals surface area (Å²) < 4.78 is 34.5. The number of benzene rings is 1. The van der Waals surface area contributed by atoms with Gasteiger partial charge in [-0.3, -0.25) is 4.98 Å². The van der Waals surface area contributed by atoms with Gasteiger partial charge in [0.2, 0.25) is 10.0 Å². The van der Waals surface area contributed by atoms with Gasteiger partial charge < -0.3 is 14.7 Å². The molecule has 1 aromatic carbocycles. The van der Waals surface area contributed by atoms with Crippen LogP contribution in [0.25, 0.3) is 11.1 Å². The fourth-order valence-electron chi connectivity index (χ4n) is 3.52. The van der Waals surface area contributed by atoms with Gasteiger partial charge in [-0.05, 0) is 44.8 Å². The lowest BCUT2D eigenvalue weighted by Crippen LogP contribution is -2.49. The number of fused-ring (bicyclic) bond motifs is 1. The van der Waals surface area contributed by atoms with E-state index >= 15 is 0 Å². The summed E-state index contributed by atoms with van der Waals surface area (Å²) in [5.74, 6) is 0.274. The average molecular weight is 420 g/mol. The number of pyridine rings is 1. The predicted molar refractivity (Wildman–Crippen MR) is 112 cm³/mol. The molecule has 8 heteroatoms. The number of likely N-dealkylation sites (N-methyl/N-ethyl adjacent to an activating group) is 1. The number of rotatable bonds is 5. The number of aliphatic hydroxyl groups is 1. The second-order valence-corrected chi connectivity index (χ2v) is 9.76. The molecule has 2 heterocycles. The first-order valence-corrected chi connectivity index (χ1v) is 11.2. The Morgan fingerprint density at radius 3 is 2.69 bits per heavy atom. The molecular weight excluding hydrogens is 390 g/mol. The van der Waals surface area contributed by atoms with Crippen LogP contribution < -0.4 is 4.74 Å². The third kappa shape index (κ3) is 4.61. The van der Waals surface area contributed by atoms with Gasteiger partial charge in [-0.1, -0.05) is 19.1 Å². The van der Waals surface area contributed by atoms with Crippen molar-refractivity contribution in [3.8, 4) is 16.9 Å². The summed E-state index contributed by atoms with van der Waals surface area (Å²) in [5.41, 5.74) is 1.72. The summed E-state index contributed by atoms with van der Waals surface area (Å²) in [6.07, 6.45) is 3.23. The third-order valence-electron chi connectivity index (χ3n) is 5.21. The first-order chi connectivity index (χ1) is 13.7. The van der Waals surface area contributed by atoms with E-state index in [1.54, 1.807) is 37.5 Å². The minimum Gasteiger partial charge on any atom is -0.487 e. The maximum atomic E-state index is 13.4. The van der Waals surface area contributed by atoms with Gasteiger partial charge in [0.25, 0.3) is 0 Å². The van der Waals surface area contributed by atoms with E-state index in [2.05, 4.69) is 4.98 Å². The van der Waals surface area contributed by atoms with Crippen molar-refractivity contribution in [1.82, 2.24) is 14.2 Å². The van der Waals surface area contributed by atoms with Crippen molar-refractivity contribution in [2.75, 3.05) is 33.8 Å². The molecule has 0 unspecified atom stereocenters. The molecule has 3 rings (SSSR count). The number of nitrogens with zero attached hydrogens (tertiary/aromatic N) is 3. The second kappa shape index (κ2) is 8.79. The van der Waals surface area contributed by atoms with E-state index in [1.165, 1.54) is 4.31 Å². The van der Waals surface area contributed by atoms with Gasteiger partial charge in [0.1, 0.15) is 16.7 Å². The lowest BCUT2D eigenvalue weighted by atomic mass is 10.0. The van der Waals surface area contributed by atoms with E-state index in [0.717, 1.165) is 11.1 Å². The highest BCUT2D eigenvalue weighted by molar-refractivity contribution is 7.89. The van der Waals surface area contributed by atoms with Crippen LogP contribution in [0.4, 0.5) is 0 Å². The molecule has 158 valence electrons. The molecule has 0 radical (unpaired) electrons. The van der Waals surface area contributed by atoms with E-state index in [9.17, 15) is 13.5 Å². The molecule has 1 aromatic heterocycles. The molecular formula is C21H29N3O4S. The molecule has 0 fully saturated rings. The van der Waals surface area contributed by atoms with Gasteiger partial charge in [0.05, 0.1) is 6.61 Å². The SMILES string of the molecule is C[C@H]1CN([C@@H](C)CO)S(=O)(=O)c2ccc(-c3cccnc3)cc2O[C@H]1CN(C)C. The summed E-state index contributed by atoms with van der Waals surface area (Å²) >= 11 is 0.